The van der Waals surface area contributed by atoms with Crippen LogP contribution in [0, 0.1) is 17.2 Å². The molecule has 1 fully saturated rings. The molecule has 0 spiro atoms. The van der Waals surface area contributed by atoms with Crippen LogP contribution in [-0.2, 0) is 29.0 Å². The van der Waals surface area contributed by atoms with E-state index in [9.17, 15) is 14.9 Å². The maximum absolute atomic E-state index is 13.3. The Balaban J connectivity index is 1.41. The highest BCUT2D eigenvalue weighted by Gasteiger charge is 2.40. The normalized spacial score (nSPS) is 15.9. The molecule has 0 aromatic heterocycles. The van der Waals surface area contributed by atoms with Crippen LogP contribution in [0.25, 0.3) is 0 Å². The maximum atomic E-state index is 13.3. The predicted octanol–water partition coefficient (Wildman–Crippen LogP) is 4.93. The zero-order valence-corrected chi connectivity index (χ0v) is 18.8. The van der Waals surface area contributed by atoms with Crippen molar-refractivity contribution in [3.63, 3.8) is 0 Å². The molecule has 2 atom stereocenters. The van der Waals surface area contributed by atoms with Crippen molar-refractivity contribution < 1.29 is 19.1 Å². The molecule has 0 aliphatic carbocycles. The highest BCUT2D eigenvalue weighted by atomic mass is 16.6. The number of ether oxygens (including phenoxy) is 2. The van der Waals surface area contributed by atoms with Gasteiger partial charge in [0.2, 0.25) is 5.91 Å². The van der Waals surface area contributed by atoms with Crippen LogP contribution in [0.4, 0.5) is 4.79 Å². The molecular weight excluding hydrogens is 428 g/mol. The highest BCUT2D eigenvalue weighted by molar-refractivity contribution is 5.95. The van der Waals surface area contributed by atoms with Gasteiger partial charge in [-0.1, -0.05) is 72.8 Å². The first kappa shape index (κ1) is 23.1. The fraction of sp³-hybridized carbons (Fsp3) is 0.250. The van der Waals surface area contributed by atoms with Crippen molar-refractivity contribution in [2.45, 2.75) is 31.9 Å². The number of hydrogen-bond donors (Lipinski definition) is 0. The maximum Gasteiger partial charge on any atom is 0.416 e. The topological polar surface area (TPSA) is 79.6 Å². The number of carbonyl (C=O) groups is 2. The Labute approximate surface area is 199 Å². The molecule has 2 amide bonds. The SMILES string of the molecule is N#CC[C@@H](Cc1ccc(OCc2ccccc2)cc1)C(=O)N1C(=O)OC[C@@H]1Cc1ccccc1. The van der Waals surface area contributed by atoms with Crippen molar-refractivity contribution in [3.05, 3.63) is 102 Å². The van der Waals surface area contributed by atoms with Crippen molar-refractivity contribution in [1.29, 1.82) is 5.26 Å². The quantitative estimate of drug-likeness (QED) is 0.458. The van der Waals surface area contributed by atoms with Crippen molar-refractivity contribution in [2.24, 2.45) is 5.92 Å². The van der Waals surface area contributed by atoms with Gasteiger partial charge in [0, 0.05) is 6.42 Å². The molecule has 0 bridgehead atoms. The van der Waals surface area contributed by atoms with Gasteiger partial charge in [-0.3, -0.25) is 4.79 Å². The van der Waals surface area contributed by atoms with E-state index in [0.29, 0.717) is 19.4 Å². The average Bonchev–Trinajstić information content (AvgIpc) is 3.23. The highest BCUT2D eigenvalue weighted by Crippen LogP contribution is 2.24. The van der Waals surface area contributed by atoms with E-state index < -0.39 is 12.0 Å². The molecule has 1 heterocycles. The monoisotopic (exact) mass is 454 g/mol. The van der Waals surface area contributed by atoms with Gasteiger partial charge in [0.15, 0.2) is 0 Å². The number of benzene rings is 3. The summed E-state index contributed by atoms with van der Waals surface area (Å²) in [5.41, 5.74) is 2.99. The minimum atomic E-state index is -0.640. The molecule has 0 unspecified atom stereocenters. The van der Waals surface area contributed by atoms with Crippen LogP contribution in [0.3, 0.4) is 0 Å². The molecule has 1 aliphatic rings. The predicted molar refractivity (Wildman–Crippen MR) is 127 cm³/mol. The van der Waals surface area contributed by atoms with Crippen LogP contribution >= 0.6 is 0 Å². The first-order valence-electron chi connectivity index (χ1n) is 11.3. The molecule has 34 heavy (non-hydrogen) atoms. The Morgan fingerprint density at radius 3 is 2.26 bits per heavy atom. The molecule has 0 saturated carbocycles. The molecular formula is C28H26N2O4. The van der Waals surface area contributed by atoms with E-state index in [1.165, 1.54) is 4.90 Å². The summed E-state index contributed by atoms with van der Waals surface area (Å²) in [5, 5.41) is 9.34. The summed E-state index contributed by atoms with van der Waals surface area (Å²) in [4.78, 5) is 26.9. The second kappa shape index (κ2) is 11.2. The molecule has 172 valence electrons. The summed E-state index contributed by atoms with van der Waals surface area (Å²) in [5.74, 6) is -0.277. The summed E-state index contributed by atoms with van der Waals surface area (Å²) in [6.07, 6.45) is 0.254. The van der Waals surface area contributed by atoms with Crippen molar-refractivity contribution in [3.8, 4) is 11.8 Å². The van der Waals surface area contributed by atoms with Gasteiger partial charge >= 0.3 is 6.09 Å². The van der Waals surface area contributed by atoms with Gasteiger partial charge in [-0.25, -0.2) is 9.69 Å². The van der Waals surface area contributed by atoms with E-state index in [2.05, 4.69) is 6.07 Å². The Bertz CT molecular complexity index is 1140. The number of nitriles is 1. The van der Waals surface area contributed by atoms with Gasteiger partial charge in [0.1, 0.15) is 19.0 Å². The van der Waals surface area contributed by atoms with Gasteiger partial charge in [-0.15, -0.1) is 0 Å². The average molecular weight is 455 g/mol. The van der Waals surface area contributed by atoms with Gasteiger partial charge in [0.25, 0.3) is 0 Å². The third-order valence-corrected chi connectivity index (χ3v) is 5.85. The van der Waals surface area contributed by atoms with Crippen LogP contribution in [0.2, 0.25) is 0 Å². The third kappa shape index (κ3) is 5.81. The molecule has 3 aromatic rings. The lowest BCUT2D eigenvalue weighted by Gasteiger charge is -2.24. The Hall–Kier alpha value is -4.11. The van der Waals surface area contributed by atoms with E-state index in [1.807, 2.05) is 84.9 Å². The first-order valence-corrected chi connectivity index (χ1v) is 11.3. The molecule has 0 N–H and O–H groups in total. The van der Waals surface area contributed by atoms with Crippen LogP contribution in [0.5, 0.6) is 5.75 Å². The number of imide groups is 1. The van der Waals surface area contributed by atoms with Gasteiger partial charge in [-0.2, -0.15) is 5.26 Å². The van der Waals surface area contributed by atoms with E-state index in [-0.39, 0.29) is 25.0 Å². The van der Waals surface area contributed by atoms with E-state index in [1.54, 1.807) is 0 Å². The van der Waals surface area contributed by atoms with Crippen LogP contribution in [0.15, 0.2) is 84.9 Å². The molecule has 1 saturated heterocycles. The standard InChI is InChI=1S/C28H26N2O4/c29-16-15-24(17-22-11-13-26(14-12-22)33-19-23-9-5-2-6-10-23)27(31)30-25(20-34-28(30)32)18-21-7-3-1-4-8-21/h1-14,24-25H,15,17-20H2/t24-,25-/m0/s1. The third-order valence-electron chi connectivity index (χ3n) is 5.85. The molecule has 6 nitrogen and oxygen atoms in total. The zero-order chi connectivity index (χ0) is 23.8. The number of amides is 2. The minimum absolute atomic E-state index is 0.0208. The summed E-state index contributed by atoms with van der Waals surface area (Å²) < 4.78 is 11.0. The fourth-order valence-electron chi connectivity index (χ4n) is 4.07. The second-order valence-electron chi connectivity index (χ2n) is 8.31. The van der Waals surface area contributed by atoms with Crippen molar-refractivity contribution in [1.82, 2.24) is 4.90 Å². The number of cyclic esters (lactones) is 1. The van der Waals surface area contributed by atoms with Gasteiger partial charge in [-0.05, 0) is 41.7 Å². The molecule has 0 radical (unpaired) electrons. The number of carbonyl (C=O) groups excluding carboxylic acids is 2. The lowest BCUT2D eigenvalue weighted by molar-refractivity contribution is -0.133. The lowest BCUT2D eigenvalue weighted by Crippen LogP contribution is -2.44. The van der Waals surface area contributed by atoms with Crippen molar-refractivity contribution >= 4 is 12.0 Å². The molecule has 6 heteroatoms. The van der Waals surface area contributed by atoms with Gasteiger partial charge < -0.3 is 9.47 Å². The first-order chi connectivity index (χ1) is 16.6. The Morgan fingerprint density at radius 1 is 0.971 bits per heavy atom. The van der Waals surface area contributed by atoms with Crippen LogP contribution in [-0.4, -0.2) is 29.5 Å². The van der Waals surface area contributed by atoms with Crippen LogP contribution in [0.1, 0.15) is 23.1 Å². The van der Waals surface area contributed by atoms with Gasteiger partial charge in [0.05, 0.1) is 18.0 Å². The Morgan fingerprint density at radius 2 is 1.62 bits per heavy atom. The summed E-state index contributed by atoms with van der Waals surface area (Å²) in [6, 6.07) is 28.8. The lowest BCUT2D eigenvalue weighted by atomic mass is 9.94. The number of rotatable bonds is 9. The Kier molecular flexibility index (Phi) is 7.56. The van der Waals surface area contributed by atoms with E-state index >= 15 is 0 Å². The van der Waals surface area contributed by atoms with Crippen molar-refractivity contribution in [2.75, 3.05) is 6.61 Å². The van der Waals surface area contributed by atoms with Crippen LogP contribution < -0.4 is 4.74 Å². The summed E-state index contributed by atoms with van der Waals surface area (Å²) in [6.45, 7) is 0.627. The molecule has 3 aromatic carbocycles. The largest absolute Gasteiger partial charge is 0.489 e. The fourth-order valence-corrected chi connectivity index (χ4v) is 4.07. The molecule has 4 rings (SSSR count). The smallest absolute Gasteiger partial charge is 0.416 e. The minimum Gasteiger partial charge on any atom is -0.489 e. The van der Waals surface area contributed by atoms with E-state index in [4.69, 9.17) is 9.47 Å². The van der Waals surface area contributed by atoms with E-state index in [0.717, 1.165) is 22.4 Å². The summed E-state index contributed by atoms with van der Waals surface area (Å²) >= 11 is 0. The summed E-state index contributed by atoms with van der Waals surface area (Å²) in [7, 11) is 0. The molecule has 1 aliphatic heterocycles. The number of hydrogen-bond acceptors (Lipinski definition) is 5. The zero-order valence-electron chi connectivity index (χ0n) is 18.8. The number of nitrogens with zero attached hydrogens (tertiary/aromatic N) is 2. The second-order valence-corrected chi connectivity index (χ2v) is 8.31.